The topological polar surface area (TPSA) is 74.6 Å². The minimum Gasteiger partial charge on any atom is -0.481 e. The number of rotatable bonds is 4. The molecule has 0 aliphatic heterocycles. The Kier molecular flexibility index (Phi) is 15.4. The second-order valence-corrected chi connectivity index (χ2v) is 5.79. The number of carbonyl (C=O) groups is 2. The molecule has 0 saturated heterocycles. The second-order valence-electron chi connectivity index (χ2n) is 5.79. The molecule has 0 aliphatic carbocycles. The van der Waals surface area contributed by atoms with Gasteiger partial charge in [0.2, 0.25) is 0 Å². The van der Waals surface area contributed by atoms with Crippen LogP contribution < -0.4 is 0 Å². The van der Waals surface area contributed by atoms with Crippen LogP contribution in [0.4, 0.5) is 0 Å². The van der Waals surface area contributed by atoms with Crippen LogP contribution in [0, 0.1) is 23.7 Å². The van der Waals surface area contributed by atoms with Crippen LogP contribution in [0.25, 0.3) is 0 Å². The summed E-state index contributed by atoms with van der Waals surface area (Å²) < 4.78 is 0. The highest BCUT2D eigenvalue weighted by atomic mass is 16.4. The van der Waals surface area contributed by atoms with E-state index in [2.05, 4.69) is 33.6 Å². The molecule has 0 radical (unpaired) electrons. The Labute approximate surface area is 117 Å². The van der Waals surface area contributed by atoms with E-state index in [0.717, 1.165) is 6.42 Å². The van der Waals surface area contributed by atoms with Crippen molar-refractivity contribution in [2.75, 3.05) is 0 Å². The van der Waals surface area contributed by atoms with Gasteiger partial charge in [-0.25, -0.2) is 0 Å². The molecule has 0 amide bonds. The van der Waals surface area contributed by atoms with E-state index in [1.54, 1.807) is 6.92 Å². The summed E-state index contributed by atoms with van der Waals surface area (Å²) in [4.78, 5) is 19.6. The maximum atomic E-state index is 9.99. The molecule has 2 N–H and O–H groups in total. The zero-order chi connectivity index (χ0) is 16.1. The fourth-order valence-corrected chi connectivity index (χ4v) is 0.478. The van der Waals surface area contributed by atoms with Crippen molar-refractivity contribution < 1.29 is 19.8 Å². The van der Waals surface area contributed by atoms with E-state index in [1.807, 2.05) is 6.92 Å². The van der Waals surface area contributed by atoms with Crippen LogP contribution >= 0.6 is 0 Å². The van der Waals surface area contributed by atoms with E-state index in [9.17, 15) is 9.59 Å². The van der Waals surface area contributed by atoms with Crippen LogP contribution in [-0.2, 0) is 9.59 Å². The number of carboxylic acids is 2. The maximum Gasteiger partial charge on any atom is 0.307 e. The van der Waals surface area contributed by atoms with Gasteiger partial charge in [0, 0.05) is 12.8 Å². The molecule has 0 bridgehead atoms. The normalized spacial score (nSPS) is 10.8. The first-order valence-electron chi connectivity index (χ1n) is 6.33. The zero-order valence-electron chi connectivity index (χ0n) is 13.0. The average molecular weight is 272 g/mol. The van der Waals surface area contributed by atoms with Gasteiger partial charge < -0.3 is 10.2 Å². The first-order valence-corrected chi connectivity index (χ1v) is 6.33. The van der Waals surface area contributed by atoms with E-state index in [1.165, 1.54) is 0 Å². The van der Waals surface area contributed by atoms with Crippen LogP contribution in [0.1, 0.15) is 60.8 Å². The Morgan fingerprint density at radius 3 is 1.63 bits per heavy atom. The Balaban J connectivity index is -0.000000209. The first-order chi connectivity index (χ1) is 8.45. The number of aliphatic carboxylic acids is 2. The van der Waals surface area contributed by atoms with Crippen molar-refractivity contribution in [3.63, 3.8) is 0 Å². The molecule has 0 aromatic carbocycles. The molecule has 0 unspecified atom stereocenters. The van der Waals surface area contributed by atoms with Crippen LogP contribution in [0.15, 0.2) is 0 Å². The largest absolute Gasteiger partial charge is 0.481 e. The molecule has 0 aromatic rings. The molecule has 0 fully saturated rings. The number of carboxylic acid groups (broad SMARTS) is 2. The van der Waals surface area contributed by atoms with E-state index >= 15 is 0 Å². The maximum absolute atomic E-state index is 9.99. The Hall–Kier alpha value is -1.50. The van der Waals surface area contributed by atoms with Crippen molar-refractivity contribution in [3.8, 4) is 12.3 Å². The van der Waals surface area contributed by atoms with E-state index in [-0.39, 0.29) is 0 Å². The summed E-state index contributed by atoms with van der Waals surface area (Å²) in [7, 11) is 0. The lowest BCUT2D eigenvalue weighted by molar-refractivity contribution is -0.141. The van der Waals surface area contributed by atoms with E-state index in [4.69, 9.17) is 16.6 Å². The lowest BCUT2D eigenvalue weighted by Gasteiger charge is -2.05. The predicted octanol–water partition coefficient (Wildman–Crippen LogP) is 3.65. The molecule has 4 heteroatoms. The van der Waals surface area contributed by atoms with Gasteiger partial charge in [0.1, 0.15) is 0 Å². The molecule has 19 heavy (non-hydrogen) atoms. The lowest BCUT2D eigenvalue weighted by Crippen LogP contribution is -2.07. The molecule has 0 aromatic heterocycles. The summed E-state index contributed by atoms with van der Waals surface area (Å²) in [5.74, 6) is 0.324. The summed E-state index contributed by atoms with van der Waals surface area (Å²) in [6.07, 6.45) is 6.19. The SMILES string of the molecule is C#CC[C@H](C)C(=O)O.CC(C)(C)C.CCCC(=O)O. The van der Waals surface area contributed by atoms with Crippen molar-refractivity contribution in [1.82, 2.24) is 0 Å². The highest BCUT2D eigenvalue weighted by Crippen LogP contribution is 2.08. The van der Waals surface area contributed by atoms with Gasteiger partial charge in [-0.2, -0.15) is 0 Å². The quantitative estimate of drug-likeness (QED) is 0.766. The smallest absolute Gasteiger partial charge is 0.307 e. The number of terminal acetylenes is 1. The highest BCUT2D eigenvalue weighted by Gasteiger charge is 2.06. The molecule has 0 aliphatic rings. The van der Waals surface area contributed by atoms with Gasteiger partial charge >= 0.3 is 11.9 Å². The summed E-state index contributed by atoms with van der Waals surface area (Å²) in [6, 6.07) is 0. The molecule has 1 atom stereocenters. The minimum atomic E-state index is -0.831. The average Bonchev–Trinajstić information content (AvgIpc) is 2.15. The Morgan fingerprint density at radius 1 is 1.21 bits per heavy atom. The van der Waals surface area contributed by atoms with E-state index in [0.29, 0.717) is 18.3 Å². The molecule has 0 rings (SSSR count). The van der Waals surface area contributed by atoms with Crippen molar-refractivity contribution in [3.05, 3.63) is 0 Å². The first kappa shape index (κ1) is 22.7. The van der Waals surface area contributed by atoms with Crippen molar-refractivity contribution in [2.24, 2.45) is 11.3 Å². The summed E-state index contributed by atoms with van der Waals surface area (Å²) in [6.45, 7) is 12.2. The monoisotopic (exact) mass is 272 g/mol. The molecular formula is C15H28O4. The van der Waals surface area contributed by atoms with Crippen LogP contribution in [0.3, 0.4) is 0 Å². The molecule has 4 nitrogen and oxygen atoms in total. The summed E-state index contributed by atoms with van der Waals surface area (Å²) in [5.41, 5.74) is 0.500. The molecule has 0 heterocycles. The van der Waals surface area contributed by atoms with Gasteiger partial charge in [0.15, 0.2) is 0 Å². The van der Waals surface area contributed by atoms with Gasteiger partial charge in [-0.1, -0.05) is 41.5 Å². The van der Waals surface area contributed by atoms with Crippen LogP contribution in [0.2, 0.25) is 0 Å². The molecular weight excluding hydrogens is 244 g/mol. The van der Waals surface area contributed by atoms with Crippen molar-refractivity contribution in [2.45, 2.75) is 60.8 Å². The summed E-state index contributed by atoms with van der Waals surface area (Å²) in [5, 5.41) is 16.1. The Morgan fingerprint density at radius 2 is 1.58 bits per heavy atom. The molecule has 0 saturated carbocycles. The molecule has 112 valence electrons. The third-order valence-corrected chi connectivity index (χ3v) is 1.31. The predicted molar refractivity (Wildman–Crippen MR) is 77.9 cm³/mol. The third kappa shape index (κ3) is 48.0. The van der Waals surface area contributed by atoms with Gasteiger partial charge in [0.25, 0.3) is 0 Å². The standard InChI is InChI=1S/C6H8O2.C5H12.C4H8O2/c1-3-4-5(2)6(7)8;1-5(2,3)4;1-2-3-4(5)6/h1,5H,4H2,2H3,(H,7,8);1-4H3;2-3H2,1H3,(H,5,6)/t5-;;/m0../s1. The van der Waals surface area contributed by atoms with Crippen molar-refractivity contribution in [1.29, 1.82) is 0 Å². The summed E-state index contributed by atoms with van der Waals surface area (Å²) >= 11 is 0. The van der Waals surface area contributed by atoms with Gasteiger partial charge in [-0.05, 0) is 11.8 Å². The van der Waals surface area contributed by atoms with Crippen molar-refractivity contribution >= 4 is 11.9 Å². The second kappa shape index (κ2) is 12.9. The van der Waals surface area contributed by atoms with Gasteiger partial charge in [-0.15, -0.1) is 12.3 Å². The minimum absolute atomic E-state index is 0.292. The fraction of sp³-hybridized carbons (Fsp3) is 0.733. The fourth-order valence-electron chi connectivity index (χ4n) is 0.478. The van der Waals surface area contributed by atoms with Crippen LogP contribution in [0.5, 0.6) is 0 Å². The highest BCUT2D eigenvalue weighted by molar-refractivity contribution is 5.69. The lowest BCUT2D eigenvalue weighted by atomic mass is 10.0. The van der Waals surface area contributed by atoms with Crippen LogP contribution in [-0.4, -0.2) is 22.2 Å². The third-order valence-electron chi connectivity index (χ3n) is 1.31. The molecule has 0 spiro atoms. The van der Waals surface area contributed by atoms with Gasteiger partial charge in [-0.3, -0.25) is 9.59 Å². The van der Waals surface area contributed by atoms with E-state index < -0.39 is 17.9 Å². The number of hydrogen-bond donors (Lipinski definition) is 2. The van der Waals surface area contributed by atoms with Gasteiger partial charge in [0.05, 0.1) is 5.92 Å². The number of hydrogen-bond acceptors (Lipinski definition) is 2. The zero-order valence-corrected chi connectivity index (χ0v) is 13.0. The Bertz CT molecular complexity index is 276.